The van der Waals surface area contributed by atoms with Gasteiger partial charge in [-0.1, -0.05) is 24.3 Å². The van der Waals surface area contributed by atoms with Crippen molar-refractivity contribution in [1.29, 1.82) is 0 Å². The van der Waals surface area contributed by atoms with Crippen molar-refractivity contribution in [3.63, 3.8) is 0 Å². The molecule has 2 heterocycles. The molecule has 5 heteroatoms. The van der Waals surface area contributed by atoms with E-state index in [1.165, 1.54) is 6.42 Å². The lowest BCUT2D eigenvalue weighted by Crippen LogP contribution is -2.35. The molecule has 0 spiro atoms. The molecular formula is C29H33N3O2. The Morgan fingerprint density at radius 3 is 2.79 bits per heavy atom. The molecule has 34 heavy (non-hydrogen) atoms. The zero-order valence-electron chi connectivity index (χ0n) is 20.4. The highest BCUT2D eigenvalue weighted by atomic mass is 16.5. The van der Waals surface area contributed by atoms with Gasteiger partial charge in [0.25, 0.3) is 5.91 Å². The molecule has 2 aromatic carbocycles. The van der Waals surface area contributed by atoms with Gasteiger partial charge >= 0.3 is 0 Å². The van der Waals surface area contributed by atoms with Crippen molar-refractivity contribution in [3.05, 3.63) is 77.5 Å². The average Bonchev–Trinajstić information content (AvgIpc) is 3.49. The number of nitrogens with zero attached hydrogens (tertiary/aromatic N) is 2. The quantitative estimate of drug-likeness (QED) is 0.513. The Labute approximate surface area is 201 Å². The predicted octanol–water partition coefficient (Wildman–Crippen LogP) is 5.47. The number of likely N-dealkylation sites (tertiary alicyclic amines) is 1. The fourth-order valence-electron chi connectivity index (χ4n) is 5.01. The maximum Gasteiger partial charge on any atom is 0.252 e. The highest BCUT2D eigenvalue weighted by Gasteiger charge is 2.47. The highest BCUT2D eigenvalue weighted by Crippen LogP contribution is 2.48. The Kier molecular flexibility index (Phi) is 5.90. The maximum atomic E-state index is 13.5. The summed E-state index contributed by atoms with van der Waals surface area (Å²) in [7, 11) is 2.15. The number of pyridine rings is 1. The summed E-state index contributed by atoms with van der Waals surface area (Å²) in [5.74, 6) is 0.691. The van der Waals surface area contributed by atoms with Crippen LogP contribution in [-0.2, 0) is 5.54 Å². The molecule has 1 aliphatic heterocycles. The SMILES string of the molecule is C=C(C)c1cc(C2(NC(=O)c3cc(OCC4CCCN4C)ccc3C)CC2)c2cccnc2c1. The Hall–Kier alpha value is -3.18. The Morgan fingerprint density at radius 1 is 1.26 bits per heavy atom. The molecule has 0 radical (unpaired) electrons. The van der Waals surface area contributed by atoms with Crippen molar-refractivity contribution in [2.24, 2.45) is 0 Å². The van der Waals surface area contributed by atoms with Gasteiger partial charge < -0.3 is 15.0 Å². The minimum Gasteiger partial charge on any atom is -0.492 e. The topological polar surface area (TPSA) is 54.5 Å². The fraction of sp³-hybridized carbons (Fsp3) is 0.379. The standard InChI is InChI=1S/C29H33N3O2/c1-19(2)21-15-26(24-8-5-13-30-27(24)16-21)29(11-12-29)31-28(33)25-17-23(10-9-20(25)3)34-18-22-7-6-14-32(22)4/h5,8-10,13,15-17,22H,1,6-7,11-12,14,18H2,2-4H3,(H,31,33). The summed E-state index contributed by atoms with van der Waals surface area (Å²) in [6.45, 7) is 9.87. The van der Waals surface area contributed by atoms with Crippen LogP contribution < -0.4 is 10.1 Å². The Bertz CT molecular complexity index is 1260. The number of allylic oxidation sites excluding steroid dienone is 1. The molecule has 1 atom stereocenters. The van der Waals surface area contributed by atoms with E-state index >= 15 is 0 Å². The van der Waals surface area contributed by atoms with Gasteiger partial charge in [0.1, 0.15) is 12.4 Å². The molecule has 3 aromatic rings. The van der Waals surface area contributed by atoms with Gasteiger partial charge in [0.05, 0.1) is 11.1 Å². The normalized spacial score (nSPS) is 19.2. The van der Waals surface area contributed by atoms with E-state index in [4.69, 9.17) is 4.74 Å². The fourth-order valence-corrected chi connectivity index (χ4v) is 5.01. The van der Waals surface area contributed by atoms with Gasteiger partial charge in [0.15, 0.2) is 0 Å². The third kappa shape index (κ3) is 4.32. The number of fused-ring (bicyclic) bond motifs is 1. The number of benzene rings is 2. The van der Waals surface area contributed by atoms with Gasteiger partial charge in [-0.3, -0.25) is 9.78 Å². The van der Waals surface area contributed by atoms with Gasteiger partial charge in [-0.2, -0.15) is 0 Å². The van der Waals surface area contributed by atoms with E-state index in [1.807, 2.05) is 44.3 Å². The third-order valence-corrected chi connectivity index (χ3v) is 7.40. The third-order valence-electron chi connectivity index (χ3n) is 7.40. The molecule has 5 nitrogen and oxygen atoms in total. The van der Waals surface area contributed by atoms with Crippen LogP contribution in [0.3, 0.4) is 0 Å². The number of hydrogen-bond donors (Lipinski definition) is 1. The van der Waals surface area contributed by atoms with E-state index < -0.39 is 0 Å². The molecule has 5 rings (SSSR count). The lowest BCUT2D eigenvalue weighted by atomic mass is 9.94. The summed E-state index contributed by atoms with van der Waals surface area (Å²) in [5, 5.41) is 4.45. The molecule has 1 saturated carbocycles. The molecule has 2 fully saturated rings. The van der Waals surface area contributed by atoms with Crippen molar-refractivity contribution >= 4 is 22.4 Å². The monoisotopic (exact) mass is 455 g/mol. The molecule has 1 saturated heterocycles. The zero-order valence-corrected chi connectivity index (χ0v) is 20.4. The number of nitrogens with one attached hydrogen (secondary N) is 1. The van der Waals surface area contributed by atoms with Crippen LogP contribution in [0.1, 0.15) is 59.7 Å². The molecule has 1 aromatic heterocycles. The van der Waals surface area contributed by atoms with Crippen LogP contribution in [0.15, 0.2) is 55.2 Å². The first kappa shape index (κ1) is 22.6. The summed E-state index contributed by atoms with van der Waals surface area (Å²) in [6.07, 6.45) is 6.00. The van der Waals surface area contributed by atoms with Crippen molar-refractivity contribution < 1.29 is 9.53 Å². The van der Waals surface area contributed by atoms with Crippen LogP contribution in [0.4, 0.5) is 0 Å². The zero-order chi connectivity index (χ0) is 23.9. The van der Waals surface area contributed by atoms with Gasteiger partial charge in [-0.05, 0) is 100 Å². The van der Waals surface area contributed by atoms with Crippen LogP contribution in [0, 0.1) is 6.92 Å². The Balaban J connectivity index is 1.40. The first-order valence-electron chi connectivity index (χ1n) is 12.2. The second-order valence-corrected chi connectivity index (χ2v) is 9.97. The maximum absolute atomic E-state index is 13.5. The van der Waals surface area contributed by atoms with Gasteiger partial charge in [0, 0.05) is 23.2 Å². The second kappa shape index (κ2) is 8.88. The van der Waals surface area contributed by atoms with Crippen LogP contribution in [0.2, 0.25) is 0 Å². The van der Waals surface area contributed by atoms with E-state index in [-0.39, 0.29) is 11.4 Å². The van der Waals surface area contributed by atoms with Crippen molar-refractivity contribution in [2.75, 3.05) is 20.2 Å². The number of hydrogen-bond acceptors (Lipinski definition) is 4. The van der Waals surface area contributed by atoms with Gasteiger partial charge in [-0.25, -0.2) is 0 Å². The lowest BCUT2D eigenvalue weighted by molar-refractivity contribution is 0.0930. The van der Waals surface area contributed by atoms with E-state index in [0.717, 1.165) is 64.7 Å². The number of rotatable bonds is 7. The minimum absolute atomic E-state index is 0.0591. The number of carbonyl (C=O) groups excluding carboxylic acids is 1. The molecule has 0 bridgehead atoms. The molecule has 2 aliphatic rings. The summed E-state index contributed by atoms with van der Waals surface area (Å²) < 4.78 is 6.10. The van der Waals surface area contributed by atoms with Crippen LogP contribution in [0.25, 0.3) is 16.5 Å². The molecule has 176 valence electrons. The summed E-state index contributed by atoms with van der Waals surface area (Å²) in [4.78, 5) is 20.4. The van der Waals surface area contributed by atoms with Crippen LogP contribution >= 0.6 is 0 Å². The van der Waals surface area contributed by atoms with Gasteiger partial charge in [0.2, 0.25) is 0 Å². The Morgan fingerprint density at radius 2 is 2.09 bits per heavy atom. The van der Waals surface area contributed by atoms with E-state index in [1.54, 1.807) is 0 Å². The first-order chi connectivity index (χ1) is 16.4. The van der Waals surface area contributed by atoms with Crippen molar-refractivity contribution in [2.45, 2.75) is 51.1 Å². The second-order valence-electron chi connectivity index (χ2n) is 9.97. The number of aromatic nitrogens is 1. The number of amides is 1. The predicted molar refractivity (Wildman–Crippen MR) is 137 cm³/mol. The smallest absolute Gasteiger partial charge is 0.252 e. The molecular weight excluding hydrogens is 422 g/mol. The van der Waals surface area contributed by atoms with Crippen molar-refractivity contribution in [3.8, 4) is 5.75 Å². The van der Waals surface area contributed by atoms with Crippen LogP contribution in [0.5, 0.6) is 5.75 Å². The molecule has 1 amide bonds. The number of carbonyl (C=O) groups is 1. The number of likely N-dealkylation sites (N-methyl/N-ethyl adjacent to an activating group) is 1. The van der Waals surface area contributed by atoms with Crippen molar-refractivity contribution in [1.82, 2.24) is 15.2 Å². The number of aryl methyl sites for hydroxylation is 1. The summed E-state index contributed by atoms with van der Waals surface area (Å²) in [6, 6.07) is 14.6. The average molecular weight is 456 g/mol. The summed E-state index contributed by atoms with van der Waals surface area (Å²) >= 11 is 0. The van der Waals surface area contributed by atoms with E-state index in [0.29, 0.717) is 18.2 Å². The van der Waals surface area contributed by atoms with E-state index in [9.17, 15) is 4.79 Å². The van der Waals surface area contributed by atoms with E-state index in [2.05, 4.69) is 47.0 Å². The van der Waals surface area contributed by atoms with Gasteiger partial charge in [-0.15, -0.1) is 0 Å². The molecule has 1 unspecified atom stereocenters. The summed E-state index contributed by atoms with van der Waals surface area (Å²) in [5.41, 5.74) is 5.35. The highest BCUT2D eigenvalue weighted by molar-refractivity contribution is 5.97. The largest absolute Gasteiger partial charge is 0.492 e. The van der Waals surface area contributed by atoms with Crippen LogP contribution in [-0.4, -0.2) is 42.0 Å². The number of ether oxygens (including phenoxy) is 1. The minimum atomic E-state index is -0.375. The lowest BCUT2D eigenvalue weighted by Gasteiger charge is -2.22. The molecule has 1 aliphatic carbocycles. The first-order valence-corrected chi connectivity index (χ1v) is 12.2. The molecule has 1 N–H and O–H groups in total.